The van der Waals surface area contributed by atoms with Gasteiger partial charge in [0.25, 0.3) is 0 Å². The minimum atomic E-state index is 0.611. The number of aromatic nitrogens is 4. The Bertz CT molecular complexity index is 2400. The molecule has 0 amide bonds. The minimum Gasteiger partial charge on any atom is -0.277 e. The summed E-state index contributed by atoms with van der Waals surface area (Å²) in [5.41, 5.74) is 4.11. The summed E-state index contributed by atoms with van der Waals surface area (Å²) in [6.07, 6.45) is 0. The maximum Gasteiger partial charge on any atom is 0.238 e. The molecule has 0 saturated heterocycles. The molecule has 4 nitrogen and oxygen atoms in total. The fourth-order valence-corrected chi connectivity index (χ4v) is 7.50. The van der Waals surface area contributed by atoms with Crippen LogP contribution in [0.5, 0.6) is 0 Å². The molecule has 196 valence electrons. The van der Waals surface area contributed by atoms with E-state index in [4.69, 9.17) is 15.0 Å². The molecule has 5 heteroatoms. The van der Waals surface area contributed by atoms with Gasteiger partial charge < -0.3 is 0 Å². The molecule has 0 fully saturated rings. The van der Waals surface area contributed by atoms with Crippen molar-refractivity contribution in [3.05, 3.63) is 133 Å². The van der Waals surface area contributed by atoms with Crippen LogP contribution in [0.2, 0.25) is 0 Å². The second-order valence-corrected chi connectivity index (χ2v) is 11.5. The van der Waals surface area contributed by atoms with Crippen molar-refractivity contribution < 1.29 is 0 Å². The molecule has 0 aliphatic heterocycles. The molecule has 0 radical (unpaired) electrons. The van der Waals surface area contributed by atoms with Crippen molar-refractivity contribution in [3.63, 3.8) is 0 Å². The van der Waals surface area contributed by atoms with Crippen molar-refractivity contribution in [2.75, 3.05) is 0 Å². The number of nitrogens with zero attached hydrogens (tertiary/aromatic N) is 4. The number of hydrogen-bond acceptors (Lipinski definition) is 4. The van der Waals surface area contributed by atoms with Gasteiger partial charge in [0.2, 0.25) is 5.95 Å². The highest BCUT2D eigenvalue weighted by Gasteiger charge is 2.23. The van der Waals surface area contributed by atoms with E-state index in [1.807, 2.05) is 47.7 Å². The van der Waals surface area contributed by atoms with E-state index in [2.05, 4.69) is 102 Å². The van der Waals surface area contributed by atoms with Crippen molar-refractivity contribution in [3.8, 4) is 28.7 Å². The van der Waals surface area contributed by atoms with Gasteiger partial charge >= 0.3 is 0 Å². The molecule has 3 heterocycles. The molecule has 0 spiro atoms. The Hall–Kier alpha value is -5.39. The molecular weight excluding hydrogens is 533 g/mol. The van der Waals surface area contributed by atoms with Crippen LogP contribution in [0.25, 0.3) is 81.5 Å². The lowest BCUT2D eigenvalue weighted by molar-refractivity contribution is 0.955. The quantitative estimate of drug-likeness (QED) is 0.218. The molecule has 6 aromatic carbocycles. The van der Waals surface area contributed by atoms with Crippen molar-refractivity contribution in [1.29, 1.82) is 0 Å². The Balaban J connectivity index is 1.49. The largest absolute Gasteiger partial charge is 0.277 e. The lowest BCUT2D eigenvalue weighted by Crippen LogP contribution is -2.06. The van der Waals surface area contributed by atoms with Gasteiger partial charge in [-0.05, 0) is 17.5 Å². The molecule has 42 heavy (non-hydrogen) atoms. The predicted molar refractivity (Wildman–Crippen MR) is 175 cm³/mol. The van der Waals surface area contributed by atoms with Crippen LogP contribution in [-0.2, 0) is 0 Å². The zero-order valence-electron chi connectivity index (χ0n) is 22.4. The molecule has 0 unspecified atom stereocenters. The molecule has 0 saturated carbocycles. The van der Waals surface area contributed by atoms with Gasteiger partial charge in [0, 0.05) is 47.5 Å². The second-order valence-electron chi connectivity index (χ2n) is 10.4. The fourth-order valence-electron chi connectivity index (χ4n) is 6.23. The lowest BCUT2D eigenvalue weighted by atomic mass is 10.00. The topological polar surface area (TPSA) is 43.6 Å². The first-order chi connectivity index (χ1) is 20.8. The van der Waals surface area contributed by atoms with Crippen molar-refractivity contribution >= 4 is 64.1 Å². The Morgan fingerprint density at radius 3 is 1.69 bits per heavy atom. The van der Waals surface area contributed by atoms with E-state index in [1.165, 1.54) is 41.7 Å². The monoisotopic (exact) mass is 554 g/mol. The van der Waals surface area contributed by atoms with Gasteiger partial charge in [-0.25, -0.2) is 4.98 Å². The number of thiophene rings is 1. The molecule has 0 N–H and O–H groups in total. The summed E-state index contributed by atoms with van der Waals surface area (Å²) in [5.74, 6) is 1.91. The average molecular weight is 555 g/mol. The van der Waals surface area contributed by atoms with E-state index in [-0.39, 0.29) is 0 Å². The standard InChI is InChI=1S/C37H22N4S/c1-3-13-23(14-4-1)35-38-36(24-15-5-2-6-16-24)40-37(39-35)41-29-21-11-9-19-27(29)32-33(41)26-18-8-7-17-25(26)31-28-20-10-12-22-30(28)42-34(31)32/h1-22H. The molecule has 0 bridgehead atoms. The van der Waals surface area contributed by atoms with Gasteiger partial charge in [0.1, 0.15) is 0 Å². The molecular formula is C37H22N4S. The third-order valence-electron chi connectivity index (χ3n) is 8.04. The zero-order chi connectivity index (χ0) is 27.6. The van der Waals surface area contributed by atoms with E-state index in [0.29, 0.717) is 17.6 Å². The summed E-state index contributed by atoms with van der Waals surface area (Å²) < 4.78 is 4.83. The smallest absolute Gasteiger partial charge is 0.238 e. The first-order valence-corrected chi connectivity index (χ1v) is 14.8. The van der Waals surface area contributed by atoms with E-state index in [1.54, 1.807) is 0 Å². The summed E-state index contributed by atoms with van der Waals surface area (Å²) in [6.45, 7) is 0. The van der Waals surface area contributed by atoms with Crippen LogP contribution >= 0.6 is 11.3 Å². The number of para-hydroxylation sites is 1. The number of fused-ring (bicyclic) bond motifs is 10. The van der Waals surface area contributed by atoms with Crippen molar-refractivity contribution in [2.24, 2.45) is 0 Å². The Kier molecular flexibility index (Phi) is 5.03. The van der Waals surface area contributed by atoms with Crippen LogP contribution in [0.4, 0.5) is 0 Å². The molecule has 0 aliphatic carbocycles. The van der Waals surface area contributed by atoms with Crippen LogP contribution < -0.4 is 0 Å². The zero-order valence-corrected chi connectivity index (χ0v) is 23.2. The fraction of sp³-hybridized carbons (Fsp3) is 0. The van der Waals surface area contributed by atoms with Crippen LogP contribution in [0, 0.1) is 0 Å². The van der Waals surface area contributed by atoms with Gasteiger partial charge in [-0.1, -0.05) is 121 Å². The molecule has 9 aromatic rings. The maximum atomic E-state index is 5.15. The van der Waals surface area contributed by atoms with Gasteiger partial charge in [-0.2, -0.15) is 9.97 Å². The Morgan fingerprint density at radius 2 is 1.00 bits per heavy atom. The third kappa shape index (κ3) is 3.38. The van der Waals surface area contributed by atoms with Crippen molar-refractivity contribution in [2.45, 2.75) is 0 Å². The number of benzene rings is 6. The van der Waals surface area contributed by atoms with Gasteiger partial charge in [0.05, 0.1) is 11.0 Å². The summed E-state index contributed by atoms with van der Waals surface area (Å²) in [4.78, 5) is 15.2. The van der Waals surface area contributed by atoms with Crippen LogP contribution in [-0.4, -0.2) is 19.5 Å². The normalized spacial score (nSPS) is 11.8. The maximum absolute atomic E-state index is 5.15. The van der Waals surface area contributed by atoms with Crippen LogP contribution in [0.15, 0.2) is 133 Å². The van der Waals surface area contributed by atoms with E-state index in [0.717, 1.165) is 22.2 Å². The predicted octanol–water partition coefficient (Wildman–Crippen LogP) is 9.82. The molecule has 3 aromatic heterocycles. The molecule has 0 aliphatic rings. The number of rotatable bonds is 3. The SMILES string of the molecule is c1ccc(-c2nc(-c3ccccc3)nc(-n3c4ccccc4c4c5sc6ccccc6c5c5ccccc5c43)n2)cc1. The minimum absolute atomic E-state index is 0.611. The summed E-state index contributed by atoms with van der Waals surface area (Å²) >= 11 is 1.86. The van der Waals surface area contributed by atoms with Gasteiger partial charge in [-0.3, -0.25) is 4.57 Å². The van der Waals surface area contributed by atoms with Gasteiger partial charge in [0.15, 0.2) is 11.6 Å². The molecule has 9 rings (SSSR count). The Morgan fingerprint density at radius 1 is 0.452 bits per heavy atom. The first-order valence-electron chi connectivity index (χ1n) is 14.0. The Labute approximate surface area is 245 Å². The van der Waals surface area contributed by atoms with E-state index >= 15 is 0 Å². The second kappa shape index (κ2) is 9.06. The summed E-state index contributed by atoms with van der Waals surface area (Å²) in [7, 11) is 0. The third-order valence-corrected chi connectivity index (χ3v) is 9.22. The molecule has 0 atom stereocenters. The average Bonchev–Trinajstić information content (AvgIpc) is 3.62. The lowest BCUT2D eigenvalue weighted by Gasteiger charge is -2.12. The first kappa shape index (κ1) is 23.3. The highest BCUT2D eigenvalue weighted by molar-refractivity contribution is 7.27. The highest BCUT2D eigenvalue weighted by Crippen LogP contribution is 2.47. The van der Waals surface area contributed by atoms with Crippen LogP contribution in [0.3, 0.4) is 0 Å². The number of hydrogen-bond donors (Lipinski definition) is 0. The van der Waals surface area contributed by atoms with E-state index < -0.39 is 0 Å². The van der Waals surface area contributed by atoms with E-state index in [9.17, 15) is 0 Å². The summed E-state index contributed by atoms with van der Waals surface area (Å²) in [5, 5.41) is 7.46. The van der Waals surface area contributed by atoms with Crippen LogP contribution in [0.1, 0.15) is 0 Å². The highest BCUT2D eigenvalue weighted by atomic mass is 32.1. The van der Waals surface area contributed by atoms with Crippen molar-refractivity contribution in [1.82, 2.24) is 19.5 Å². The summed E-state index contributed by atoms with van der Waals surface area (Å²) in [6, 6.07) is 46.4. The van der Waals surface area contributed by atoms with Gasteiger partial charge in [-0.15, -0.1) is 11.3 Å².